The van der Waals surface area contributed by atoms with E-state index in [1.54, 1.807) is 0 Å². The summed E-state index contributed by atoms with van der Waals surface area (Å²) in [4.78, 5) is 0. The van der Waals surface area contributed by atoms with E-state index in [4.69, 9.17) is 30.6 Å². The van der Waals surface area contributed by atoms with Gasteiger partial charge in [-0.15, -0.1) is 0 Å². The maximum atomic E-state index is 8.51. The Labute approximate surface area is 122 Å². The molecule has 6 nitrogen and oxygen atoms in total. The highest BCUT2D eigenvalue weighted by atomic mass is 16.3. The Bertz CT molecular complexity index is 106. The van der Waals surface area contributed by atoms with Crippen LogP contribution in [0.3, 0.4) is 0 Å². The van der Waals surface area contributed by atoms with E-state index in [1.165, 1.54) is 25.7 Å². The van der Waals surface area contributed by atoms with E-state index < -0.39 is 0 Å². The third kappa shape index (κ3) is 43.1. The van der Waals surface area contributed by atoms with Crippen LogP contribution < -0.4 is 0 Å². The van der Waals surface area contributed by atoms with Gasteiger partial charge in [0.05, 0.1) is 26.4 Å². The van der Waals surface area contributed by atoms with E-state index in [0.717, 1.165) is 25.7 Å². The summed E-state index contributed by atoms with van der Waals surface area (Å²) in [6.45, 7) is 0.176. The molecule has 0 amide bonds. The van der Waals surface area contributed by atoms with Crippen LogP contribution in [0.5, 0.6) is 0 Å². The summed E-state index contributed by atoms with van der Waals surface area (Å²) in [6.07, 6.45) is 9.30. The lowest BCUT2D eigenvalue weighted by Crippen LogP contribution is -1.85. The van der Waals surface area contributed by atoms with Crippen LogP contribution in [-0.4, -0.2) is 70.3 Å². The summed E-state index contributed by atoms with van der Waals surface area (Å²) in [6, 6.07) is 0. The molecule has 0 atom stereocenters. The summed E-state index contributed by atoms with van der Waals surface area (Å²) >= 11 is 0. The monoisotopic (exact) mass is 298 g/mol. The van der Waals surface area contributed by atoms with Crippen LogP contribution in [0.1, 0.15) is 51.4 Å². The first-order valence-electron chi connectivity index (χ1n) is 7.40. The number of unbranched alkanes of at least 4 members (excludes halogenated alkanes) is 7. The third-order valence-electron chi connectivity index (χ3n) is 2.27. The maximum absolute atomic E-state index is 8.51. The first-order valence-corrected chi connectivity index (χ1v) is 7.40. The molecule has 6 heteroatoms. The lowest BCUT2D eigenvalue weighted by molar-refractivity contribution is 0.186. The van der Waals surface area contributed by atoms with Crippen molar-refractivity contribution in [3.63, 3.8) is 0 Å². The van der Waals surface area contributed by atoms with Crippen molar-refractivity contribution in [3.8, 4) is 0 Å². The van der Waals surface area contributed by atoms with Crippen molar-refractivity contribution in [2.45, 2.75) is 51.4 Å². The first kappa shape index (κ1) is 24.8. The summed E-state index contributed by atoms with van der Waals surface area (Å²) < 4.78 is 0. The average Bonchev–Trinajstić information content (AvgIpc) is 2.50. The van der Waals surface area contributed by atoms with Gasteiger partial charge in [0.15, 0.2) is 0 Å². The van der Waals surface area contributed by atoms with Crippen molar-refractivity contribution >= 4 is 0 Å². The summed E-state index contributed by atoms with van der Waals surface area (Å²) in [7, 11) is 0. The number of aliphatic hydroxyl groups is 6. The van der Waals surface area contributed by atoms with Crippen LogP contribution in [0.2, 0.25) is 0 Å². The quantitative estimate of drug-likeness (QED) is 0.299. The molecule has 0 bridgehead atoms. The Morgan fingerprint density at radius 2 is 0.450 bits per heavy atom. The molecule has 20 heavy (non-hydrogen) atoms. The molecule has 0 aliphatic carbocycles. The van der Waals surface area contributed by atoms with Crippen LogP contribution in [0.4, 0.5) is 0 Å². The second-order valence-electron chi connectivity index (χ2n) is 4.17. The molecular formula is C14H34O6. The minimum Gasteiger partial charge on any atom is -0.396 e. The molecule has 0 saturated carbocycles. The van der Waals surface area contributed by atoms with Gasteiger partial charge in [0.1, 0.15) is 0 Å². The number of hydrogen-bond acceptors (Lipinski definition) is 6. The van der Waals surface area contributed by atoms with Crippen LogP contribution in [0, 0.1) is 0 Å². The maximum Gasteiger partial charge on any atom is 0.0662 e. The zero-order valence-electron chi connectivity index (χ0n) is 12.6. The Hall–Kier alpha value is -0.240. The lowest BCUT2D eigenvalue weighted by Gasteiger charge is -1.99. The van der Waals surface area contributed by atoms with E-state index in [1.807, 2.05) is 0 Å². The van der Waals surface area contributed by atoms with Crippen molar-refractivity contribution in [2.24, 2.45) is 0 Å². The van der Waals surface area contributed by atoms with Gasteiger partial charge in [-0.2, -0.15) is 0 Å². The van der Waals surface area contributed by atoms with E-state index in [-0.39, 0.29) is 26.4 Å². The molecule has 0 unspecified atom stereocenters. The van der Waals surface area contributed by atoms with Gasteiger partial charge in [0, 0.05) is 13.2 Å². The van der Waals surface area contributed by atoms with Crippen LogP contribution in [0.15, 0.2) is 0 Å². The highest BCUT2D eigenvalue weighted by molar-refractivity contribution is 4.45. The van der Waals surface area contributed by atoms with Gasteiger partial charge in [-0.1, -0.05) is 38.5 Å². The highest BCUT2D eigenvalue weighted by Gasteiger charge is 1.90. The van der Waals surface area contributed by atoms with Gasteiger partial charge >= 0.3 is 0 Å². The van der Waals surface area contributed by atoms with Gasteiger partial charge in [-0.3, -0.25) is 0 Å². The molecule has 126 valence electrons. The predicted molar refractivity (Wildman–Crippen MR) is 79.5 cm³/mol. The molecule has 0 aliphatic heterocycles. The van der Waals surface area contributed by atoms with Crippen molar-refractivity contribution in [2.75, 3.05) is 39.6 Å². The molecule has 0 fully saturated rings. The van der Waals surface area contributed by atoms with E-state index in [0.29, 0.717) is 13.2 Å². The Morgan fingerprint density at radius 3 is 0.600 bits per heavy atom. The highest BCUT2D eigenvalue weighted by Crippen LogP contribution is 2.07. The fourth-order valence-electron chi connectivity index (χ4n) is 1.28. The zero-order valence-corrected chi connectivity index (χ0v) is 12.6. The van der Waals surface area contributed by atoms with Gasteiger partial charge in [0.25, 0.3) is 0 Å². The summed E-state index contributed by atoms with van der Waals surface area (Å²) in [5.74, 6) is 0. The molecule has 0 aromatic carbocycles. The van der Waals surface area contributed by atoms with Crippen molar-refractivity contribution in [3.05, 3.63) is 0 Å². The van der Waals surface area contributed by atoms with Crippen LogP contribution >= 0.6 is 0 Å². The molecular weight excluding hydrogens is 264 g/mol. The van der Waals surface area contributed by atoms with E-state index >= 15 is 0 Å². The van der Waals surface area contributed by atoms with E-state index in [9.17, 15) is 0 Å². The van der Waals surface area contributed by atoms with Crippen LogP contribution in [-0.2, 0) is 0 Å². The third-order valence-corrected chi connectivity index (χ3v) is 2.27. The van der Waals surface area contributed by atoms with E-state index in [2.05, 4.69) is 0 Å². The molecule has 0 aromatic rings. The summed E-state index contributed by atoms with van der Waals surface area (Å²) in [5, 5.41) is 47.5. The fourth-order valence-corrected chi connectivity index (χ4v) is 1.28. The second-order valence-corrected chi connectivity index (χ2v) is 4.17. The topological polar surface area (TPSA) is 121 Å². The van der Waals surface area contributed by atoms with Crippen molar-refractivity contribution < 1.29 is 30.6 Å². The summed E-state index contributed by atoms with van der Waals surface area (Å²) in [5.41, 5.74) is 0. The van der Waals surface area contributed by atoms with Crippen molar-refractivity contribution in [1.29, 1.82) is 0 Å². The lowest BCUT2D eigenvalue weighted by atomic mass is 10.1. The molecule has 0 aliphatic rings. The minimum atomic E-state index is -0.125. The standard InChI is InChI=1S/C10H22O2.2C2H6O2/c11-9-7-5-3-1-2-4-6-8-10-12;2*3-1-2-4/h11-12H,1-10H2;2*3-4H,1-2H2. The van der Waals surface area contributed by atoms with Gasteiger partial charge in [-0.05, 0) is 12.8 Å². The minimum absolute atomic E-state index is 0.125. The fraction of sp³-hybridized carbons (Fsp3) is 1.00. The zero-order chi connectivity index (χ0) is 15.9. The smallest absolute Gasteiger partial charge is 0.0662 e. The number of aliphatic hydroxyl groups excluding tert-OH is 6. The first-order chi connectivity index (χ1) is 9.74. The SMILES string of the molecule is OCCCCCCCCCCO.OCCO.OCCO. The molecule has 6 N–H and O–H groups in total. The molecule has 0 spiro atoms. The van der Waals surface area contributed by atoms with Gasteiger partial charge in [-0.25, -0.2) is 0 Å². The Kier molecular flexibility index (Phi) is 38.7. The second kappa shape index (κ2) is 31.3. The van der Waals surface area contributed by atoms with Gasteiger partial charge < -0.3 is 30.6 Å². The number of hydrogen-bond donors (Lipinski definition) is 6. The molecule has 0 aromatic heterocycles. The molecule has 0 rings (SSSR count). The normalized spacial score (nSPS) is 9.30. The molecule has 0 heterocycles. The largest absolute Gasteiger partial charge is 0.396 e. The average molecular weight is 298 g/mol. The van der Waals surface area contributed by atoms with Gasteiger partial charge in [0.2, 0.25) is 0 Å². The Morgan fingerprint density at radius 1 is 0.250 bits per heavy atom. The predicted octanol–water partition coefficient (Wildman–Crippen LogP) is 0.0338. The molecule has 0 radical (unpaired) electrons. The van der Waals surface area contributed by atoms with Crippen LogP contribution in [0.25, 0.3) is 0 Å². The number of rotatable bonds is 11. The Balaban J connectivity index is -0.000000297. The van der Waals surface area contributed by atoms with Crippen molar-refractivity contribution in [1.82, 2.24) is 0 Å². The molecule has 0 saturated heterocycles.